The topological polar surface area (TPSA) is 77.8 Å². The van der Waals surface area contributed by atoms with Gasteiger partial charge in [-0.1, -0.05) is 0 Å². The van der Waals surface area contributed by atoms with Gasteiger partial charge in [0.05, 0.1) is 23.7 Å². The molecule has 0 fully saturated rings. The van der Waals surface area contributed by atoms with Gasteiger partial charge in [-0.25, -0.2) is 4.79 Å². The van der Waals surface area contributed by atoms with E-state index in [0.717, 1.165) is 5.56 Å². The van der Waals surface area contributed by atoms with Crippen LogP contribution in [0.1, 0.15) is 15.9 Å². The Hall–Kier alpha value is -2.50. The first kappa shape index (κ1) is 11.6. The fourth-order valence-electron chi connectivity index (χ4n) is 2.38. The lowest BCUT2D eigenvalue weighted by Crippen LogP contribution is -2.21. The zero-order valence-electron chi connectivity index (χ0n) is 10.2. The van der Waals surface area contributed by atoms with Crippen LogP contribution in [0.25, 0.3) is 10.9 Å². The standard InChI is InChI=1S/C13H11NO5/c1-18-14-6-8(13(16)17)12(15)11-7-4-5-19-10(7)3-2-9(11)14/h2-3,6H,4-5H2,1H3,(H,16,17). The van der Waals surface area contributed by atoms with Crippen molar-refractivity contribution in [2.24, 2.45) is 0 Å². The summed E-state index contributed by atoms with van der Waals surface area (Å²) in [6.07, 6.45) is 1.78. The zero-order valence-corrected chi connectivity index (χ0v) is 10.2. The predicted molar refractivity (Wildman–Crippen MR) is 66.9 cm³/mol. The SMILES string of the molecule is COn1cc(C(=O)O)c(=O)c2c3c(ccc21)OCC3. The van der Waals surface area contributed by atoms with Crippen LogP contribution < -0.4 is 15.0 Å². The minimum absolute atomic E-state index is 0.311. The fraction of sp³-hybridized carbons (Fsp3) is 0.231. The van der Waals surface area contributed by atoms with Crippen molar-refractivity contribution < 1.29 is 19.5 Å². The Labute approximate surface area is 107 Å². The highest BCUT2D eigenvalue weighted by molar-refractivity contribution is 5.94. The van der Waals surface area contributed by atoms with Gasteiger partial charge in [0.25, 0.3) is 0 Å². The lowest BCUT2D eigenvalue weighted by Gasteiger charge is -2.12. The Morgan fingerprint density at radius 3 is 2.95 bits per heavy atom. The third-order valence-electron chi connectivity index (χ3n) is 3.24. The van der Waals surface area contributed by atoms with Crippen molar-refractivity contribution in [2.45, 2.75) is 6.42 Å². The Balaban J connectivity index is 2.50. The summed E-state index contributed by atoms with van der Waals surface area (Å²) >= 11 is 0. The maximum atomic E-state index is 12.3. The summed E-state index contributed by atoms with van der Waals surface area (Å²) in [6.45, 7) is 0.498. The number of hydrogen-bond acceptors (Lipinski definition) is 4. The molecule has 2 aromatic rings. The molecule has 1 aromatic carbocycles. The van der Waals surface area contributed by atoms with Gasteiger partial charge in [0.1, 0.15) is 18.4 Å². The molecule has 6 nitrogen and oxygen atoms in total. The quantitative estimate of drug-likeness (QED) is 0.860. The first-order valence-corrected chi connectivity index (χ1v) is 5.75. The van der Waals surface area contributed by atoms with E-state index >= 15 is 0 Å². The van der Waals surface area contributed by atoms with Crippen molar-refractivity contribution in [3.63, 3.8) is 0 Å². The molecular formula is C13H11NO5. The van der Waals surface area contributed by atoms with Crippen LogP contribution in [0.2, 0.25) is 0 Å². The average Bonchev–Trinajstić information content (AvgIpc) is 2.86. The number of carboxylic acids is 1. The second-order valence-corrected chi connectivity index (χ2v) is 4.22. The zero-order chi connectivity index (χ0) is 13.6. The van der Waals surface area contributed by atoms with Crippen molar-refractivity contribution in [2.75, 3.05) is 13.7 Å². The van der Waals surface area contributed by atoms with Gasteiger partial charge in [0, 0.05) is 12.0 Å². The van der Waals surface area contributed by atoms with Crippen LogP contribution in [-0.4, -0.2) is 29.5 Å². The van der Waals surface area contributed by atoms with E-state index < -0.39 is 11.4 Å². The van der Waals surface area contributed by atoms with E-state index in [9.17, 15) is 9.59 Å². The van der Waals surface area contributed by atoms with Crippen LogP contribution in [0, 0.1) is 0 Å². The summed E-state index contributed by atoms with van der Waals surface area (Å²) in [7, 11) is 1.42. The smallest absolute Gasteiger partial charge is 0.341 e. The van der Waals surface area contributed by atoms with E-state index in [0.29, 0.717) is 29.7 Å². The molecule has 0 amide bonds. The first-order valence-electron chi connectivity index (χ1n) is 5.75. The maximum Gasteiger partial charge on any atom is 0.341 e. The summed E-state index contributed by atoms with van der Waals surface area (Å²) in [4.78, 5) is 28.5. The number of rotatable bonds is 2. The molecule has 6 heteroatoms. The molecule has 19 heavy (non-hydrogen) atoms. The lowest BCUT2D eigenvalue weighted by molar-refractivity contribution is 0.0691. The molecule has 0 unspecified atom stereocenters. The molecule has 0 saturated heterocycles. The molecule has 1 N–H and O–H groups in total. The molecule has 0 radical (unpaired) electrons. The number of carbonyl (C=O) groups is 1. The number of hydrogen-bond donors (Lipinski definition) is 1. The number of ether oxygens (including phenoxy) is 1. The van der Waals surface area contributed by atoms with E-state index in [1.807, 2.05) is 0 Å². The molecule has 98 valence electrons. The van der Waals surface area contributed by atoms with Gasteiger partial charge >= 0.3 is 5.97 Å². The van der Waals surface area contributed by atoms with E-state index in [1.54, 1.807) is 12.1 Å². The molecule has 1 aliphatic heterocycles. The molecule has 0 saturated carbocycles. The molecule has 0 atom stereocenters. The highest BCUT2D eigenvalue weighted by atomic mass is 16.6. The number of aromatic nitrogens is 1. The van der Waals surface area contributed by atoms with Crippen molar-refractivity contribution in [1.29, 1.82) is 0 Å². The number of nitrogens with zero attached hydrogens (tertiary/aromatic N) is 1. The van der Waals surface area contributed by atoms with Crippen LogP contribution in [0.4, 0.5) is 0 Å². The first-order chi connectivity index (χ1) is 9.13. The lowest BCUT2D eigenvalue weighted by atomic mass is 10.0. The second-order valence-electron chi connectivity index (χ2n) is 4.22. The summed E-state index contributed by atoms with van der Waals surface area (Å²) in [5.74, 6) is -0.635. The monoisotopic (exact) mass is 261 g/mol. The van der Waals surface area contributed by atoms with Crippen molar-refractivity contribution >= 4 is 16.9 Å². The van der Waals surface area contributed by atoms with E-state index in [4.69, 9.17) is 14.7 Å². The van der Waals surface area contributed by atoms with Gasteiger partial charge in [0.2, 0.25) is 5.43 Å². The normalized spacial score (nSPS) is 13.1. The average molecular weight is 261 g/mol. The van der Waals surface area contributed by atoms with Gasteiger partial charge in [-0.3, -0.25) is 4.79 Å². The molecule has 1 aliphatic rings. The molecule has 3 rings (SSSR count). The number of aromatic carboxylic acids is 1. The number of benzene rings is 1. The van der Waals surface area contributed by atoms with Crippen LogP contribution >= 0.6 is 0 Å². The third-order valence-corrected chi connectivity index (χ3v) is 3.24. The number of pyridine rings is 1. The van der Waals surface area contributed by atoms with Gasteiger partial charge < -0.3 is 14.7 Å². The summed E-state index contributed by atoms with van der Waals surface area (Å²) in [6, 6.07) is 3.45. The van der Waals surface area contributed by atoms with Crippen LogP contribution in [0.3, 0.4) is 0 Å². The van der Waals surface area contributed by atoms with Crippen LogP contribution in [-0.2, 0) is 6.42 Å². The molecule has 0 aliphatic carbocycles. The molecular weight excluding hydrogens is 250 g/mol. The number of carboxylic acid groups (broad SMARTS) is 1. The highest BCUT2D eigenvalue weighted by Crippen LogP contribution is 2.30. The predicted octanol–water partition coefficient (Wildman–Crippen LogP) is 0.693. The Bertz CT molecular complexity index is 747. The van der Waals surface area contributed by atoms with Gasteiger partial charge in [-0.2, -0.15) is 4.73 Å². The minimum Gasteiger partial charge on any atom is -0.493 e. The Morgan fingerprint density at radius 1 is 1.47 bits per heavy atom. The molecule has 1 aromatic heterocycles. The second kappa shape index (κ2) is 4.01. The number of fused-ring (bicyclic) bond motifs is 3. The summed E-state index contributed by atoms with van der Waals surface area (Å²) < 4.78 is 6.69. The van der Waals surface area contributed by atoms with E-state index in [-0.39, 0.29) is 5.56 Å². The van der Waals surface area contributed by atoms with Crippen molar-refractivity contribution in [1.82, 2.24) is 4.73 Å². The van der Waals surface area contributed by atoms with Gasteiger partial charge in [0.15, 0.2) is 0 Å². The van der Waals surface area contributed by atoms with Gasteiger partial charge in [-0.05, 0) is 12.1 Å². The van der Waals surface area contributed by atoms with Gasteiger partial charge in [-0.15, -0.1) is 0 Å². The maximum absolute atomic E-state index is 12.3. The third kappa shape index (κ3) is 1.56. The minimum atomic E-state index is -1.27. The summed E-state index contributed by atoms with van der Waals surface area (Å²) in [5, 5.41) is 9.45. The molecule has 2 heterocycles. The Kier molecular flexibility index (Phi) is 2.45. The highest BCUT2D eigenvalue weighted by Gasteiger charge is 2.22. The molecule has 0 bridgehead atoms. The van der Waals surface area contributed by atoms with E-state index in [1.165, 1.54) is 18.0 Å². The van der Waals surface area contributed by atoms with Crippen LogP contribution in [0.5, 0.6) is 5.75 Å². The van der Waals surface area contributed by atoms with Crippen molar-refractivity contribution in [3.05, 3.63) is 39.7 Å². The molecule has 0 spiro atoms. The largest absolute Gasteiger partial charge is 0.493 e. The van der Waals surface area contributed by atoms with E-state index in [2.05, 4.69) is 0 Å². The fourth-order valence-corrected chi connectivity index (χ4v) is 2.38. The summed E-state index contributed by atoms with van der Waals surface area (Å²) in [5.41, 5.74) is 0.478. The van der Waals surface area contributed by atoms with Crippen molar-refractivity contribution in [3.8, 4) is 5.75 Å². The Morgan fingerprint density at radius 2 is 2.26 bits per heavy atom. The van der Waals surface area contributed by atoms with Crippen LogP contribution in [0.15, 0.2) is 23.1 Å².